The first-order chi connectivity index (χ1) is 31.4. The summed E-state index contributed by atoms with van der Waals surface area (Å²) in [5.74, 6) is 0.674. The van der Waals surface area contributed by atoms with Crippen LogP contribution in [-0.2, 0) is 23.8 Å². The lowest BCUT2D eigenvalue weighted by atomic mass is 9.81. The van der Waals surface area contributed by atoms with E-state index in [9.17, 15) is 31.2 Å². The van der Waals surface area contributed by atoms with Crippen LogP contribution in [0, 0.1) is 0 Å². The third kappa shape index (κ3) is 13.1. The minimum atomic E-state index is -5.85. The molecule has 0 saturated carbocycles. The van der Waals surface area contributed by atoms with Gasteiger partial charge in [0.2, 0.25) is 0 Å². The molecule has 2 amide bonds. The molecule has 18 heteroatoms. The zero-order chi connectivity index (χ0) is 48.8. The molecule has 0 radical (unpaired) electrons. The molecule has 0 bridgehead atoms. The lowest BCUT2D eigenvalue weighted by Crippen LogP contribution is -2.50. The summed E-state index contributed by atoms with van der Waals surface area (Å²) in [6.07, 6.45) is 4.70. The van der Waals surface area contributed by atoms with Crippen molar-refractivity contribution < 1.29 is 64.4 Å². The van der Waals surface area contributed by atoms with Crippen molar-refractivity contribution in [1.29, 1.82) is 0 Å². The fourth-order valence-electron chi connectivity index (χ4n) is 7.69. The summed E-state index contributed by atoms with van der Waals surface area (Å²) < 4.78 is 89.5. The number of carbonyl (C=O) groups excluding carboxylic acids is 2. The molecule has 4 aromatic carbocycles. The number of carbonyl (C=O) groups is 2. The van der Waals surface area contributed by atoms with Gasteiger partial charge in [0.25, 0.3) is 0 Å². The Morgan fingerprint density at radius 3 is 1.45 bits per heavy atom. The molecule has 13 nitrogen and oxygen atoms in total. The van der Waals surface area contributed by atoms with Gasteiger partial charge in [-0.3, -0.25) is 0 Å². The van der Waals surface area contributed by atoms with Crippen LogP contribution in [0.1, 0.15) is 83.9 Å². The second-order valence-electron chi connectivity index (χ2n) is 18.5. The van der Waals surface area contributed by atoms with Crippen molar-refractivity contribution in [3.63, 3.8) is 0 Å². The number of alkyl halides is 3. The number of hydrogen-bond donors (Lipinski definition) is 2. The lowest BCUT2D eigenvalue weighted by molar-refractivity contribution is -0.0512. The number of benzene rings is 4. The normalized spacial score (nSPS) is 17.2. The number of rotatable bonds is 4. The number of halogens is 3. The molecule has 0 atom stereocenters. The summed E-state index contributed by atoms with van der Waals surface area (Å²) in [5, 5.41) is 17.2. The fraction of sp³-hybridized carbons (Fsp3) is 0.388. The standard InChI is InChI=1S/C24H27NO3.C19H22F3NO6S.C6H7BO2/c1-23(2,3)28-22(26)25-15-13-24(14-16-25)17-20(18-9-5-4-6-10-18)19-11-7-8-12-21(19)27-24;1-17(2,3)28-16(24)23-10-8-18(9-11-23)12-15(29-30(25,26)19(20,21)22)13-6-4-5-7-14(13)27-18;8-7(9)6-4-2-1-3-5-6/h4-12,17H,13-16H2,1-3H3;4-7,12H,8-11H2,1-3H3;1-5,8-9H. The second kappa shape index (κ2) is 20.1. The first kappa shape index (κ1) is 50.4. The number of nitrogens with zero attached hydrogens (tertiary/aromatic N) is 2. The molecule has 67 heavy (non-hydrogen) atoms. The number of piperidine rings is 2. The Hall–Kier alpha value is -5.98. The molecule has 2 saturated heterocycles. The number of hydrogen-bond acceptors (Lipinski definition) is 11. The molecule has 8 rings (SSSR count). The van der Waals surface area contributed by atoms with Crippen molar-refractivity contribution in [1.82, 2.24) is 9.80 Å². The van der Waals surface area contributed by atoms with E-state index in [1.165, 1.54) is 40.3 Å². The lowest BCUT2D eigenvalue weighted by Gasteiger charge is -2.43. The Balaban J connectivity index is 0.000000187. The summed E-state index contributed by atoms with van der Waals surface area (Å²) in [5.41, 5.74) is -4.07. The summed E-state index contributed by atoms with van der Waals surface area (Å²) >= 11 is 0. The smallest absolute Gasteiger partial charge is 0.482 e. The molecule has 4 heterocycles. The van der Waals surface area contributed by atoms with Gasteiger partial charge < -0.3 is 43.0 Å². The maximum atomic E-state index is 12.8. The number of para-hydroxylation sites is 2. The highest BCUT2D eigenvalue weighted by Gasteiger charge is 2.50. The molecule has 2 spiro atoms. The number of fused-ring (bicyclic) bond motifs is 2. The van der Waals surface area contributed by atoms with Gasteiger partial charge in [0.1, 0.15) is 33.9 Å². The summed E-state index contributed by atoms with van der Waals surface area (Å²) in [6.45, 7) is 12.6. The van der Waals surface area contributed by atoms with E-state index < -0.39 is 57.0 Å². The Kier molecular flexibility index (Phi) is 15.1. The molecule has 2 fully saturated rings. The van der Waals surface area contributed by atoms with E-state index in [0.29, 0.717) is 18.6 Å². The van der Waals surface area contributed by atoms with Gasteiger partial charge in [-0.05, 0) is 82.4 Å². The molecular weight excluding hydrogens is 892 g/mol. The van der Waals surface area contributed by atoms with Crippen molar-refractivity contribution in [2.24, 2.45) is 0 Å². The van der Waals surface area contributed by atoms with E-state index in [0.717, 1.165) is 24.2 Å². The Bertz CT molecular complexity index is 2530. The number of likely N-dealkylation sites (tertiary alicyclic amines) is 2. The first-order valence-electron chi connectivity index (χ1n) is 21.8. The monoisotopic (exact) mass is 948 g/mol. The van der Waals surface area contributed by atoms with E-state index >= 15 is 0 Å². The van der Waals surface area contributed by atoms with Crippen molar-refractivity contribution in [3.8, 4) is 11.5 Å². The zero-order valence-corrected chi connectivity index (χ0v) is 39.1. The molecule has 0 aromatic heterocycles. The predicted molar refractivity (Wildman–Crippen MR) is 248 cm³/mol. The van der Waals surface area contributed by atoms with Crippen LogP contribution in [0.25, 0.3) is 11.3 Å². The predicted octanol–water partition coefficient (Wildman–Crippen LogP) is 8.70. The van der Waals surface area contributed by atoms with Crippen molar-refractivity contribution in [2.75, 3.05) is 26.2 Å². The van der Waals surface area contributed by atoms with E-state index in [-0.39, 0.29) is 43.3 Å². The SMILES string of the molecule is CC(C)(C)OC(=O)N1CCC2(C=C(OS(=O)(=O)C(F)(F)F)c3ccccc3O2)CC1.CC(C)(C)OC(=O)N1CCC2(C=C(c3ccccc3)c3ccccc3O2)CC1.OB(O)c1ccccc1. The minimum Gasteiger partial charge on any atom is -0.482 e. The summed E-state index contributed by atoms with van der Waals surface area (Å²) in [7, 11) is -7.19. The highest BCUT2D eigenvalue weighted by Crippen LogP contribution is 2.45. The van der Waals surface area contributed by atoms with Crippen LogP contribution in [0.5, 0.6) is 11.5 Å². The van der Waals surface area contributed by atoms with E-state index in [4.69, 9.17) is 29.0 Å². The molecular formula is C49H56BF3N2O11S. The van der Waals surface area contributed by atoms with E-state index in [1.807, 2.05) is 51.1 Å². The first-order valence-corrected chi connectivity index (χ1v) is 23.2. The highest BCUT2D eigenvalue weighted by atomic mass is 32.2. The molecule has 4 aliphatic rings. The summed E-state index contributed by atoms with van der Waals surface area (Å²) in [6, 6.07) is 33.4. The van der Waals surface area contributed by atoms with Crippen molar-refractivity contribution in [3.05, 3.63) is 138 Å². The average molecular weight is 949 g/mol. The van der Waals surface area contributed by atoms with E-state index in [2.05, 4.69) is 40.6 Å². The van der Waals surface area contributed by atoms with Crippen LogP contribution in [0.3, 0.4) is 0 Å². The van der Waals surface area contributed by atoms with Gasteiger partial charge in [-0.25, -0.2) is 9.59 Å². The van der Waals surface area contributed by atoms with Gasteiger partial charge in [0.15, 0.2) is 5.76 Å². The van der Waals surface area contributed by atoms with Gasteiger partial charge in [-0.15, -0.1) is 0 Å². The number of ether oxygens (including phenoxy) is 4. The average Bonchev–Trinajstić information content (AvgIpc) is 3.26. The van der Waals surface area contributed by atoms with E-state index in [1.54, 1.807) is 56.0 Å². The molecule has 0 aliphatic carbocycles. The van der Waals surface area contributed by atoms with Crippen molar-refractivity contribution >= 4 is 46.2 Å². The van der Waals surface area contributed by atoms with Gasteiger partial charge in [0, 0.05) is 63.5 Å². The van der Waals surface area contributed by atoms with Crippen LogP contribution < -0.4 is 14.9 Å². The minimum absolute atomic E-state index is 0.102. The van der Waals surface area contributed by atoms with Crippen LogP contribution in [-0.4, -0.2) is 102 Å². The van der Waals surface area contributed by atoms with Crippen LogP contribution in [0.15, 0.2) is 121 Å². The zero-order valence-electron chi connectivity index (χ0n) is 38.3. The largest absolute Gasteiger partial charge is 0.534 e. The van der Waals surface area contributed by atoms with Crippen molar-refractivity contribution in [2.45, 2.75) is 95.1 Å². The van der Waals surface area contributed by atoms with Crippen LogP contribution >= 0.6 is 0 Å². The topological polar surface area (TPSA) is 161 Å². The highest BCUT2D eigenvalue weighted by molar-refractivity contribution is 7.87. The maximum absolute atomic E-state index is 12.8. The molecule has 0 unspecified atom stereocenters. The number of amides is 2. The third-order valence-electron chi connectivity index (χ3n) is 10.9. The quantitative estimate of drug-likeness (QED) is 0.114. The Labute approximate surface area is 390 Å². The fourth-order valence-corrected chi connectivity index (χ4v) is 8.16. The molecule has 358 valence electrons. The van der Waals surface area contributed by atoms with Gasteiger partial charge in [0.05, 0.1) is 5.56 Å². The molecule has 2 N–H and O–H groups in total. The third-order valence-corrected chi connectivity index (χ3v) is 11.9. The van der Waals surface area contributed by atoms with Gasteiger partial charge >= 0.3 is 34.9 Å². The summed E-state index contributed by atoms with van der Waals surface area (Å²) in [4.78, 5) is 27.9. The maximum Gasteiger partial charge on any atom is 0.534 e. The van der Waals surface area contributed by atoms with Crippen LogP contribution in [0.4, 0.5) is 22.8 Å². The Morgan fingerprint density at radius 1 is 0.612 bits per heavy atom. The van der Waals surface area contributed by atoms with Gasteiger partial charge in [-0.1, -0.05) is 91.0 Å². The van der Waals surface area contributed by atoms with Gasteiger partial charge in [-0.2, -0.15) is 21.6 Å². The Morgan fingerprint density at radius 2 is 1.01 bits per heavy atom. The molecule has 4 aromatic rings. The second-order valence-corrected chi connectivity index (χ2v) is 20.0. The molecule has 4 aliphatic heterocycles. The van der Waals surface area contributed by atoms with Crippen LogP contribution in [0.2, 0.25) is 0 Å².